The zero-order chi connectivity index (χ0) is 80.0. The molecule has 0 amide bonds. The van der Waals surface area contributed by atoms with Crippen molar-refractivity contribution in [2.24, 2.45) is 0 Å². The predicted molar refractivity (Wildman–Crippen MR) is 487 cm³/mol. The van der Waals surface area contributed by atoms with Gasteiger partial charge in [0.1, 0.15) is 84.9 Å². The average Bonchev–Trinajstić information content (AvgIpc) is 0.694. The first-order valence-corrected chi connectivity index (χ1v) is 45.0. The van der Waals surface area contributed by atoms with Gasteiger partial charge < -0.3 is 42.1 Å². The Morgan fingerprint density at radius 3 is 0.667 bits per heavy atom. The summed E-state index contributed by atoms with van der Waals surface area (Å²) in [5.41, 5.74) is 18.1. The van der Waals surface area contributed by atoms with Crippen molar-refractivity contribution in [3.05, 3.63) is 419 Å². The van der Waals surface area contributed by atoms with E-state index in [0.717, 1.165) is 100 Å². The Balaban J connectivity index is 0.000000108. The molecule has 0 saturated carbocycles. The molecule has 0 bridgehead atoms. The number of para-hydroxylation sites is 2. The van der Waals surface area contributed by atoms with Crippen LogP contribution in [-0.2, 0) is 13.7 Å². The summed E-state index contributed by atoms with van der Waals surface area (Å²) in [7, 11) is -10.0. The molecule has 570 valence electrons. The second kappa shape index (κ2) is 29.3. The molecule has 6 aliphatic rings. The number of hydrogen-bond donors (Lipinski definition) is 0. The Hall–Kier alpha value is -14.6. The molecule has 6 aliphatic heterocycles. The summed E-state index contributed by atoms with van der Waals surface area (Å²) in [4.78, 5) is 0. The van der Waals surface area contributed by atoms with E-state index < -0.39 is 21.4 Å². The number of ether oxygens (including phenoxy) is 6. The lowest BCUT2D eigenvalue weighted by molar-refractivity contribution is 0.461. The van der Waals surface area contributed by atoms with Gasteiger partial charge in [0.25, 0.3) is 0 Å². The van der Waals surface area contributed by atoms with Gasteiger partial charge in [0.2, 0.25) is 0 Å². The number of fused-ring (bicyclic) bond motifs is 12. The predicted octanol–water partition coefficient (Wildman–Crippen LogP) is 25.6. The second-order valence-electron chi connectivity index (χ2n) is 30.2. The molecule has 12 heteroatoms. The smallest absolute Gasteiger partial charge is 0.185 e. The van der Waals surface area contributed by atoms with E-state index in [2.05, 4.69) is 109 Å². The highest BCUT2D eigenvalue weighted by molar-refractivity contribution is 7.87. The van der Waals surface area contributed by atoms with Crippen molar-refractivity contribution in [2.75, 3.05) is 0 Å². The fourth-order valence-corrected chi connectivity index (χ4v) is 26.6. The minimum absolute atomic E-state index is 0.575. The highest BCUT2D eigenvalue weighted by Crippen LogP contribution is 2.64. The molecule has 0 aromatic heterocycles. The average molecular weight is 1600 g/mol. The van der Waals surface area contributed by atoms with Gasteiger partial charge in [-0.25, -0.2) is 0 Å². The van der Waals surface area contributed by atoms with Crippen LogP contribution in [0.1, 0.15) is 0 Å². The van der Waals surface area contributed by atoms with Crippen LogP contribution in [0.4, 0.5) is 0 Å². The lowest BCUT2D eigenvalue weighted by Crippen LogP contribution is -2.35. The Morgan fingerprint density at radius 2 is 0.367 bits per heavy atom. The Bertz CT molecular complexity index is 6910. The number of hydrogen-bond acceptors (Lipinski definition) is 9. The zero-order valence-electron chi connectivity index (χ0n) is 64.4. The van der Waals surface area contributed by atoms with Gasteiger partial charge in [0.15, 0.2) is 21.4 Å². The molecule has 0 radical (unpaired) electrons. The summed E-state index contributed by atoms with van der Waals surface area (Å²) in [6.07, 6.45) is 0. The Morgan fingerprint density at radius 1 is 0.142 bits per heavy atom. The maximum Gasteiger partial charge on any atom is 0.185 e. The van der Waals surface area contributed by atoms with Crippen LogP contribution in [0.2, 0.25) is 0 Å². The third-order valence-corrected chi connectivity index (χ3v) is 32.6. The van der Waals surface area contributed by atoms with E-state index in [1.165, 1.54) is 0 Å². The van der Waals surface area contributed by atoms with Crippen LogP contribution < -0.4 is 76.2 Å². The molecule has 0 aliphatic carbocycles. The molecule has 0 spiro atoms. The molecule has 120 heavy (non-hydrogen) atoms. The number of rotatable bonds is 9. The van der Waals surface area contributed by atoms with Crippen molar-refractivity contribution in [1.82, 2.24) is 0 Å². The summed E-state index contributed by atoms with van der Waals surface area (Å²) in [6.45, 7) is 0. The summed E-state index contributed by atoms with van der Waals surface area (Å²) in [6, 6.07) is 139. The minimum Gasteiger partial charge on any atom is -0.456 e. The van der Waals surface area contributed by atoms with Crippen LogP contribution in [0.15, 0.2) is 419 Å². The molecule has 0 atom stereocenters. The largest absolute Gasteiger partial charge is 0.456 e. The summed E-state index contributed by atoms with van der Waals surface area (Å²) < 4.78 is 86.7. The van der Waals surface area contributed by atoms with E-state index in [4.69, 9.17) is 28.4 Å². The van der Waals surface area contributed by atoms with Crippen molar-refractivity contribution >= 4 is 69.2 Å². The maximum absolute atomic E-state index is 15.8. The van der Waals surface area contributed by atoms with Crippen LogP contribution in [0.25, 0.3) is 100 Å². The van der Waals surface area contributed by atoms with Gasteiger partial charge in [-0.3, -0.25) is 0 Å². The van der Waals surface area contributed by atoms with Crippen molar-refractivity contribution in [1.29, 1.82) is 0 Å². The molecule has 0 saturated heterocycles. The summed E-state index contributed by atoms with van der Waals surface area (Å²) in [5, 5.41) is 6.08. The van der Waals surface area contributed by atoms with Crippen molar-refractivity contribution in [2.45, 2.75) is 0 Å². The molecule has 0 N–H and O–H groups in total. The van der Waals surface area contributed by atoms with E-state index in [9.17, 15) is 0 Å². The highest BCUT2D eigenvalue weighted by atomic mass is 31.2. The van der Waals surface area contributed by atoms with Crippen LogP contribution in [0.5, 0.6) is 69.0 Å². The highest BCUT2D eigenvalue weighted by Gasteiger charge is 2.51. The number of benzene rings is 18. The first kappa shape index (κ1) is 71.9. The lowest BCUT2D eigenvalue weighted by atomic mass is 10.0. The molecular formula is C108H69O9P3. The summed E-state index contributed by atoms with van der Waals surface area (Å²) >= 11 is 0. The second-order valence-corrected chi connectivity index (χ2v) is 38.1. The van der Waals surface area contributed by atoms with Crippen molar-refractivity contribution in [3.63, 3.8) is 0 Å². The maximum atomic E-state index is 15.8. The van der Waals surface area contributed by atoms with E-state index >= 15 is 13.7 Å². The topological polar surface area (TPSA) is 107 Å². The fraction of sp³-hybridized carbons (Fsp3) is 0. The summed E-state index contributed by atoms with van der Waals surface area (Å²) in [5.74, 6) is 7.21. The quantitative estimate of drug-likeness (QED) is 0.131. The lowest BCUT2D eigenvalue weighted by Gasteiger charge is -2.36. The van der Waals surface area contributed by atoms with Crippen LogP contribution in [0.3, 0.4) is 0 Å². The van der Waals surface area contributed by atoms with E-state index in [-0.39, 0.29) is 0 Å². The molecule has 18 aromatic carbocycles. The normalized spacial score (nSPS) is 13.7. The van der Waals surface area contributed by atoms with Crippen LogP contribution >= 0.6 is 21.4 Å². The molecule has 0 fully saturated rings. The third-order valence-electron chi connectivity index (χ3n) is 23.1. The van der Waals surface area contributed by atoms with Gasteiger partial charge in [-0.15, -0.1) is 0 Å². The molecular weight excluding hydrogens is 1530 g/mol. The standard InChI is InChI=1S/3C36H23O3P/c37-40-32-20-10-18-28(25-14-6-2-7-15-25)34(32)38-30-22-27(24-12-4-1-5-13-24)23-31(36(30)40)39-35-29(19-11-21-33(35)40)26-16-8-3-9-17-26;37-40-34-22-27(24-10-4-1-5-11-24)16-18-30(34)38-32-20-29(26-14-8-3-9-15-26)21-33(36(32)40)39-31-19-17-28(23-35(31)40)25-12-6-2-7-13-25;37-40-34-18-16-27(24-10-4-1-5-11-24)20-30(34)38-32-22-29(26-14-8-3-9-15-26)23-33(36(32)40)39-31-21-28(17-19-35(31)40)25-12-6-2-7-13-25/h3*1-23H. The minimum atomic E-state index is -3.37. The van der Waals surface area contributed by atoms with Gasteiger partial charge in [-0.1, -0.05) is 322 Å². The van der Waals surface area contributed by atoms with Gasteiger partial charge in [0.05, 0.1) is 31.8 Å². The van der Waals surface area contributed by atoms with Crippen molar-refractivity contribution < 1.29 is 42.1 Å². The first-order chi connectivity index (χ1) is 59.1. The van der Waals surface area contributed by atoms with Crippen molar-refractivity contribution in [3.8, 4) is 169 Å². The van der Waals surface area contributed by atoms with Gasteiger partial charge >= 0.3 is 0 Å². The van der Waals surface area contributed by atoms with Crippen LogP contribution in [-0.4, -0.2) is 0 Å². The van der Waals surface area contributed by atoms with Crippen LogP contribution in [0, 0.1) is 0 Å². The molecule has 18 aromatic rings. The van der Waals surface area contributed by atoms with Gasteiger partial charge in [0, 0.05) is 11.1 Å². The third kappa shape index (κ3) is 12.1. The van der Waals surface area contributed by atoms with E-state index in [1.807, 2.05) is 309 Å². The zero-order valence-corrected chi connectivity index (χ0v) is 67.0. The molecule has 24 rings (SSSR count). The van der Waals surface area contributed by atoms with Gasteiger partial charge in [-0.05, 0) is 186 Å². The monoisotopic (exact) mass is 1600 g/mol. The SMILES string of the molecule is O=P12c3cc(-c4ccccc4)ccc3Oc3cc(-c4ccccc4)cc(c31)Oc1ccc(-c3ccccc3)cc12.O=P12c3ccc(-c4ccccc4)cc3Oc3cc(-c4ccccc4)cc(c31)Oc1cc(-c3ccccc3)ccc12.O=P12c3cccc(-c4ccccc4)c3Oc3cc(-c4ccccc4)cc(c31)Oc1c(-c3ccccc3)cccc12. The molecule has 9 nitrogen and oxygen atoms in total. The van der Waals surface area contributed by atoms with Gasteiger partial charge in [-0.2, -0.15) is 0 Å². The van der Waals surface area contributed by atoms with E-state index in [1.54, 1.807) is 0 Å². The molecule has 0 unspecified atom stereocenters. The molecule has 6 heterocycles. The first-order valence-electron chi connectivity index (χ1n) is 39.9. The van der Waals surface area contributed by atoms with E-state index in [0.29, 0.717) is 117 Å². The Kier molecular flexibility index (Phi) is 17.5. The fourth-order valence-electron chi connectivity index (χ4n) is 17.4. The Labute approximate surface area is 694 Å².